The summed E-state index contributed by atoms with van der Waals surface area (Å²) < 4.78 is 7.39. The van der Waals surface area contributed by atoms with E-state index in [0.29, 0.717) is 11.8 Å². The van der Waals surface area contributed by atoms with Crippen LogP contribution in [0.15, 0.2) is 16.5 Å². The molecule has 0 unspecified atom stereocenters. The van der Waals surface area contributed by atoms with Crippen molar-refractivity contribution in [1.82, 2.24) is 19.7 Å². The second-order valence-electron chi connectivity index (χ2n) is 5.22. The van der Waals surface area contributed by atoms with Gasteiger partial charge < -0.3 is 19.7 Å². The van der Waals surface area contributed by atoms with Crippen molar-refractivity contribution in [2.75, 3.05) is 31.7 Å². The van der Waals surface area contributed by atoms with E-state index in [4.69, 9.17) is 9.52 Å². The number of hydrogen-bond acceptors (Lipinski definition) is 7. The summed E-state index contributed by atoms with van der Waals surface area (Å²) in [4.78, 5) is 6.26. The van der Waals surface area contributed by atoms with Gasteiger partial charge in [0, 0.05) is 19.3 Å². The lowest BCUT2D eigenvalue weighted by atomic mass is 10.4. The maximum atomic E-state index is 8.98. The Labute approximate surface area is 134 Å². The minimum Gasteiger partial charge on any atom is -0.464 e. The molecule has 0 saturated heterocycles. The third-order valence-corrected chi connectivity index (χ3v) is 3.89. The van der Waals surface area contributed by atoms with Crippen LogP contribution in [0.25, 0.3) is 0 Å². The van der Waals surface area contributed by atoms with Gasteiger partial charge in [0.25, 0.3) is 0 Å². The molecule has 0 aliphatic carbocycles. The molecule has 0 saturated carbocycles. The average Bonchev–Trinajstić information content (AvgIpc) is 3.05. The van der Waals surface area contributed by atoms with Gasteiger partial charge in [0.05, 0.1) is 12.3 Å². The smallest absolute Gasteiger partial charge is 0.221 e. The van der Waals surface area contributed by atoms with Gasteiger partial charge in [-0.2, -0.15) is 21.8 Å². The van der Waals surface area contributed by atoms with E-state index in [9.17, 15) is 0 Å². The summed E-state index contributed by atoms with van der Waals surface area (Å²) in [6.07, 6.45) is 0. The maximum absolute atomic E-state index is 8.98. The molecule has 122 valence electrons. The molecule has 0 atom stereocenters. The SMILES string of the molecule is CN(C)Cc1ccc(CSCCNc2nc(CO)nn2C)o1. The topological polar surface area (TPSA) is 79.4 Å². The van der Waals surface area contributed by atoms with E-state index in [2.05, 4.69) is 20.3 Å². The zero-order chi connectivity index (χ0) is 15.9. The molecule has 0 aliphatic heterocycles. The summed E-state index contributed by atoms with van der Waals surface area (Å²) in [5, 5.41) is 16.3. The van der Waals surface area contributed by atoms with E-state index < -0.39 is 0 Å². The molecule has 0 bridgehead atoms. The molecule has 0 fully saturated rings. The monoisotopic (exact) mass is 325 g/mol. The number of aromatic nitrogens is 3. The summed E-state index contributed by atoms with van der Waals surface area (Å²) >= 11 is 1.80. The zero-order valence-corrected chi connectivity index (χ0v) is 14.1. The molecule has 0 aromatic carbocycles. The van der Waals surface area contributed by atoms with Crippen LogP contribution in [-0.2, 0) is 26.0 Å². The molecule has 2 heterocycles. The van der Waals surface area contributed by atoms with Gasteiger partial charge in [0.1, 0.15) is 18.1 Å². The van der Waals surface area contributed by atoms with E-state index in [1.807, 2.05) is 26.2 Å². The largest absolute Gasteiger partial charge is 0.464 e. The Bertz CT molecular complexity index is 582. The Morgan fingerprint density at radius 1 is 1.36 bits per heavy atom. The summed E-state index contributed by atoms with van der Waals surface area (Å²) in [5.74, 6) is 4.90. The van der Waals surface area contributed by atoms with Crippen LogP contribution in [0, 0.1) is 0 Å². The Balaban J connectivity index is 1.66. The molecule has 0 radical (unpaired) electrons. The predicted molar refractivity (Wildman–Crippen MR) is 87.7 cm³/mol. The number of anilines is 1. The molecule has 7 nitrogen and oxygen atoms in total. The van der Waals surface area contributed by atoms with Gasteiger partial charge in [-0.3, -0.25) is 0 Å². The summed E-state index contributed by atoms with van der Waals surface area (Å²) in [7, 11) is 5.85. The first-order valence-corrected chi connectivity index (χ1v) is 8.28. The van der Waals surface area contributed by atoms with Gasteiger partial charge in [-0.05, 0) is 26.2 Å². The highest BCUT2D eigenvalue weighted by molar-refractivity contribution is 7.98. The third kappa shape index (κ3) is 5.04. The van der Waals surface area contributed by atoms with Gasteiger partial charge >= 0.3 is 0 Å². The van der Waals surface area contributed by atoms with Gasteiger partial charge in [0.2, 0.25) is 5.95 Å². The van der Waals surface area contributed by atoms with E-state index in [0.717, 1.165) is 36.1 Å². The number of nitrogens with zero attached hydrogens (tertiary/aromatic N) is 4. The van der Waals surface area contributed by atoms with Crippen LogP contribution >= 0.6 is 11.8 Å². The molecule has 8 heteroatoms. The molecular formula is C14H23N5O2S. The number of furan rings is 1. The lowest BCUT2D eigenvalue weighted by molar-refractivity contribution is 0.271. The van der Waals surface area contributed by atoms with Crippen LogP contribution in [0.4, 0.5) is 5.95 Å². The predicted octanol–water partition coefficient (Wildman–Crippen LogP) is 1.31. The number of thioether (sulfide) groups is 1. The van der Waals surface area contributed by atoms with Gasteiger partial charge in [-0.1, -0.05) is 0 Å². The van der Waals surface area contributed by atoms with E-state index >= 15 is 0 Å². The van der Waals surface area contributed by atoms with Crippen molar-refractivity contribution in [1.29, 1.82) is 0 Å². The van der Waals surface area contributed by atoms with Crippen molar-refractivity contribution < 1.29 is 9.52 Å². The Morgan fingerprint density at radius 2 is 2.14 bits per heavy atom. The molecule has 22 heavy (non-hydrogen) atoms. The summed E-state index contributed by atoms with van der Waals surface area (Å²) in [5.41, 5.74) is 0. The second kappa shape index (κ2) is 8.21. The highest BCUT2D eigenvalue weighted by Gasteiger charge is 2.06. The lowest BCUT2D eigenvalue weighted by Gasteiger charge is -2.06. The minimum absolute atomic E-state index is 0.141. The van der Waals surface area contributed by atoms with Crippen molar-refractivity contribution in [3.8, 4) is 0 Å². The first-order chi connectivity index (χ1) is 10.6. The summed E-state index contributed by atoms with van der Waals surface area (Å²) in [6, 6.07) is 4.07. The number of hydrogen-bond donors (Lipinski definition) is 2. The number of aliphatic hydroxyl groups excluding tert-OH is 1. The van der Waals surface area contributed by atoms with Crippen molar-refractivity contribution in [2.45, 2.75) is 18.9 Å². The van der Waals surface area contributed by atoms with E-state index in [1.165, 1.54) is 0 Å². The highest BCUT2D eigenvalue weighted by atomic mass is 32.2. The van der Waals surface area contributed by atoms with Crippen molar-refractivity contribution in [2.24, 2.45) is 7.05 Å². The van der Waals surface area contributed by atoms with Gasteiger partial charge in [-0.25, -0.2) is 4.68 Å². The van der Waals surface area contributed by atoms with Crippen molar-refractivity contribution in [3.05, 3.63) is 29.5 Å². The van der Waals surface area contributed by atoms with Crippen LogP contribution in [0.1, 0.15) is 17.3 Å². The molecule has 2 aromatic heterocycles. The fourth-order valence-corrected chi connectivity index (χ4v) is 2.71. The number of nitrogens with one attached hydrogen (secondary N) is 1. The molecule has 0 amide bonds. The molecule has 0 aliphatic rings. The number of aliphatic hydroxyl groups is 1. The van der Waals surface area contributed by atoms with Crippen molar-refractivity contribution in [3.63, 3.8) is 0 Å². The third-order valence-electron chi connectivity index (χ3n) is 2.91. The molecule has 2 aromatic rings. The minimum atomic E-state index is -0.141. The quantitative estimate of drug-likeness (QED) is 0.673. The van der Waals surface area contributed by atoms with Crippen LogP contribution in [0.5, 0.6) is 0 Å². The fraction of sp³-hybridized carbons (Fsp3) is 0.571. The first kappa shape index (κ1) is 16.9. The number of aryl methyl sites for hydroxylation is 1. The Hall–Kier alpha value is -1.51. The normalized spacial score (nSPS) is 11.3. The van der Waals surface area contributed by atoms with E-state index in [1.54, 1.807) is 23.5 Å². The first-order valence-electron chi connectivity index (χ1n) is 7.13. The standard InChI is InChI=1S/C14H23N5O2S/c1-18(2)8-11-4-5-12(21-11)10-22-7-6-15-14-16-13(9-20)17-19(14)3/h4-5,20H,6-10H2,1-3H3,(H,15,16,17). The van der Waals surface area contributed by atoms with Crippen LogP contribution < -0.4 is 5.32 Å². The highest BCUT2D eigenvalue weighted by Crippen LogP contribution is 2.16. The van der Waals surface area contributed by atoms with E-state index in [-0.39, 0.29) is 6.61 Å². The molecule has 2 rings (SSSR count). The van der Waals surface area contributed by atoms with Crippen LogP contribution in [0.2, 0.25) is 0 Å². The fourth-order valence-electron chi connectivity index (χ4n) is 1.96. The average molecular weight is 325 g/mol. The Kier molecular flexibility index (Phi) is 6.29. The molecule has 2 N–H and O–H groups in total. The lowest BCUT2D eigenvalue weighted by Crippen LogP contribution is -2.09. The van der Waals surface area contributed by atoms with Crippen LogP contribution in [-0.4, -0.2) is 51.2 Å². The van der Waals surface area contributed by atoms with Crippen LogP contribution in [0.3, 0.4) is 0 Å². The second-order valence-corrected chi connectivity index (χ2v) is 6.32. The van der Waals surface area contributed by atoms with Gasteiger partial charge in [-0.15, -0.1) is 0 Å². The Morgan fingerprint density at radius 3 is 2.82 bits per heavy atom. The number of rotatable bonds is 9. The van der Waals surface area contributed by atoms with Crippen molar-refractivity contribution >= 4 is 17.7 Å². The summed E-state index contributed by atoms with van der Waals surface area (Å²) in [6.45, 7) is 1.47. The molecule has 0 spiro atoms. The molecular weight excluding hydrogens is 302 g/mol. The van der Waals surface area contributed by atoms with Gasteiger partial charge in [0.15, 0.2) is 5.82 Å². The maximum Gasteiger partial charge on any atom is 0.221 e. The zero-order valence-electron chi connectivity index (χ0n) is 13.2.